The molecule has 0 rings (SSSR count). The third-order valence-corrected chi connectivity index (χ3v) is 1.65. The van der Waals surface area contributed by atoms with E-state index in [-0.39, 0.29) is 24.6 Å². The maximum Gasteiger partial charge on any atom is 0.221 e. The van der Waals surface area contributed by atoms with Gasteiger partial charge in [-0.25, -0.2) is 0 Å². The number of carbonyl (C=O) groups is 1. The lowest BCUT2D eigenvalue weighted by Crippen LogP contribution is -2.38. The Morgan fingerprint density at radius 2 is 2.25 bits per heavy atom. The molecule has 0 aliphatic heterocycles. The van der Waals surface area contributed by atoms with Crippen molar-refractivity contribution in [3.8, 4) is 0 Å². The minimum absolute atomic E-state index is 0.0346. The first kappa shape index (κ1) is 11.4. The van der Waals surface area contributed by atoms with Crippen molar-refractivity contribution >= 4 is 5.91 Å². The molecule has 0 aromatic carbocycles. The minimum atomic E-state index is -0.179. The van der Waals surface area contributed by atoms with E-state index in [0.717, 1.165) is 6.42 Å². The van der Waals surface area contributed by atoms with E-state index in [2.05, 4.69) is 5.32 Å². The van der Waals surface area contributed by atoms with Crippen LogP contribution in [-0.4, -0.2) is 29.7 Å². The van der Waals surface area contributed by atoms with Crippen molar-refractivity contribution in [3.63, 3.8) is 0 Å². The smallest absolute Gasteiger partial charge is 0.221 e. The van der Waals surface area contributed by atoms with Gasteiger partial charge in [0.25, 0.3) is 0 Å². The van der Waals surface area contributed by atoms with Gasteiger partial charge < -0.3 is 16.2 Å². The number of carbonyl (C=O) groups excluding carboxylic acids is 1. The van der Waals surface area contributed by atoms with Crippen LogP contribution in [0, 0.1) is 0 Å². The van der Waals surface area contributed by atoms with E-state index in [1.165, 1.54) is 0 Å². The highest BCUT2D eigenvalue weighted by Crippen LogP contribution is 1.93. The summed E-state index contributed by atoms with van der Waals surface area (Å²) in [5.74, 6) is -0.0918. The van der Waals surface area contributed by atoms with Crippen molar-refractivity contribution in [2.45, 2.75) is 38.8 Å². The summed E-state index contributed by atoms with van der Waals surface area (Å²) in [7, 11) is 0. The van der Waals surface area contributed by atoms with Gasteiger partial charge in [0.2, 0.25) is 5.91 Å². The normalized spacial score (nSPS) is 15.3. The fourth-order valence-electron chi connectivity index (χ4n) is 0.762. The number of aliphatic hydroxyl groups is 1. The lowest BCUT2D eigenvalue weighted by molar-refractivity contribution is -0.122. The molecule has 0 saturated carbocycles. The van der Waals surface area contributed by atoms with E-state index in [4.69, 9.17) is 10.8 Å². The lowest BCUT2D eigenvalue weighted by Gasteiger charge is -2.12. The number of aliphatic hydroxyl groups excluding tert-OH is 1. The van der Waals surface area contributed by atoms with Gasteiger partial charge in [-0.15, -0.1) is 0 Å². The molecule has 72 valence electrons. The lowest BCUT2D eigenvalue weighted by atomic mass is 10.1. The van der Waals surface area contributed by atoms with Gasteiger partial charge in [-0.2, -0.15) is 0 Å². The summed E-state index contributed by atoms with van der Waals surface area (Å²) in [6.45, 7) is 3.65. The summed E-state index contributed by atoms with van der Waals surface area (Å²) in [6.07, 6.45) is 1.13. The molecular weight excluding hydrogens is 156 g/mol. The highest BCUT2D eigenvalue weighted by atomic mass is 16.3. The second-order valence-corrected chi connectivity index (χ2v) is 3.02. The fourth-order valence-corrected chi connectivity index (χ4v) is 0.762. The quantitative estimate of drug-likeness (QED) is 0.531. The van der Waals surface area contributed by atoms with E-state index < -0.39 is 0 Å². The Hall–Kier alpha value is -0.610. The molecule has 0 aromatic heterocycles. The second kappa shape index (κ2) is 5.97. The molecule has 2 atom stereocenters. The maximum atomic E-state index is 11.1. The van der Waals surface area contributed by atoms with E-state index >= 15 is 0 Å². The van der Waals surface area contributed by atoms with Crippen LogP contribution < -0.4 is 11.1 Å². The SMILES string of the molecule is CCC(N)CC(=O)N[C@H](C)CO. The molecule has 0 bridgehead atoms. The van der Waals surface area contributed by atoms with Crippen LogP contribution in [0.4, 0.5) is 0 Å². The number of nitrogens with one attached hydrogen (secondary N) is 1. The Balaban J connectivity index is 3.59. The largest absolute Gasteiger partial charge is 0.394 e. The summed E-state index contributed by atoms with van der Waals surface area (Å²) < 4.78 is 0. The van der Waals surface area contributed by atoms with Crippen LogP contribution in [0.5, 0.6) is 0 Å². The fraction of sp³-hybridized carbons (Fsp3) is 0.875. The van der Waals surface area contributed by atoms with Gasteiger partial charge >= 0.3 is 0 Å². The predicted octanol–water partition coefficient (Wildman–Crippen LogP) is -0.389. The van der Waals surface area contributed by atoms with Gasteiger partial charge in [0.05, 0.1) is 6.61 Å². The highest BCUT2D eigenvalue weighted by molar-refractivity contribution is 5.76. The molecule has 1 unspecified atom stereocenters. The first-order valence-electron chi connectivity index (χ1n) is 4.26. The Labute approximate surface area is 73.1 Å². The molecule has 1 amide bonds. The van der Waals surface area contributed by atoms with Gasteiger partial charge in [0.15, 0.2) is 0 Å². The van der Waals surface area contributed by atoms with Crippen LogP contribution in [0.15, 0.2) is 0 Å². The van der Waals surface area contributed by atoms with E-state index in [0.29, 0.717) is 6.42 Å². The summed E-state index contributed by atoms with van der Waals surface area (Å²) >= 11 is 0. The zero-order valence-corrected chi connectivity index (χ0v) is 7.71. The number of hydrogen-bond donors (Lipinski definition) is 3. The standard InChI is InChI=1S/C8H18N2O2/c1-3-7(9)4-8(12)10-6(2)5-11/h6-7,11H,3-5,9H2,1-2H3,(H,10,12)/t6-,7?/m1/s1. The molecule has 4 nitrogen and oxygen atoms in total. The van der Waals surface area contributed by atoms with Crippen molar-refractivity contribution in [1.29, 1.82) is 0 Å². The van der Waals surface area contributed by atoms with Crippen molar-refractivity contribution in [2.24, 2.45) is 5.73 Å². The molecule has 0 aliphatic rings. The van der Waals surface area contributed by atoms with Crippen molar-refractivity contribution in [1.82, 2.24) is 5.32 Å². The monoisotopic (exact) mass is 174 g/mol. The molecule has 0 fully saturated rings. The van der Waals surface area contributed by atoms with Crippen LogP contribution in [0.3, 0.4) is 0 Å². The molecule has 0 saturated heterocycles. The third kappa shape index (κ3) is 5.09. The molecule has 0 aliphatic carbocycles. The number of amides is 1. The molecule has 4 heteroatoms. The van der Waals surface area contributed by atoms with Crippen LogP contribution in [0.25, 0.3) is 0 Å². The zero-order valence-electron chi connectivity index (χ0n) is 7.71. The Kier molecular flexibility index (Phi) is 5.66. The van der Waals surface area contributed by atoms with E-state index in [1.807, 2.05) is 6.92 Å². The van der Waals surface area contributed by atoms with Gasteiger partial charge in [-0.1, -0.05) is 6.92 Å². The van der Waals surface area contributed by atoms with Crippen molar-refractivity contribution in [2.75, 3.05) is 6.61 Å². The van der Waals surface area contributed by atoms with Gasteiger partial charge in [-0.05, 0) is 13.3 Å². The molecular formula is C8H18N2O2. The van der Waals surface area contributed by atoms with E-state index in [9.17, 15) is 4.79 Å². The average Bonchev–Trinajstić information content (AvgIpc) is 2.03. The van der Waals surface area contributed by atoms with Crippen LogP contribution >= 0.6 is 0 Å². The Morgan fingerprint density at radius 1 is 1.67 bits per heavy atom. The van der Waals surface area contributed by atoms with Gasteiger partial charge in [0, 0.05) is 18.5 Å². The molecule has 12 heavy (non-hydrogen) atoms. The average molecular weight is 174 g/mol. The Bertz CT molecular complexity index is 125. The van der Waals surface area contributed by atoms with Crippen molar-refractivity contribution in [3.05, 3.63) is 0 Å². The van der Waals surface area contributed by atoms with Gasteiger partial charge in [0.1, 0.15) is 0 Å². The van der Waals surface area contributed by atoms with Gasteiger partial charge in [-0.3, -0.25) is 4.79 Å². The number of nitrogens with two attached hydrogens (primary N) is 1. The van der Waals surface area contributed by atoms with Crippen LogP contribution in [-0.2, 0) is 4.79 Å². The number of rotatable bonds is 5. The molecule has 0 aromatic rings. The second-order valence-electron chi connectivity index (χ2n) is 3.02. The molecule has 0 heterocycles. The zero-order chi connectivity index (χ0) is 9.56. The first-order valence-corrected chi connectivity index (χ1v) is 4.26. The minimum Gasteiger partial charge on any atom is -0.394 e. The molecule has 0 spiro atoms. The number of hydrogen-bond acceptors (Lipinski definition) is 3. The van der Waals surface area contributed by atoms with Crippen molar-refractivity contribution < 1.29 is 9.90 Å². The summed E-state index contributed by atoms with van der Waals surface area (Å²) in [5, 5.41) is 11.3. The highest BCUT2D eigenvalue weighted by Gasteiger charge is 2.09. The Morgan fingerprint density at radius 3 is 2.67 bits per heavy atom. The topological polar surface area (TPSA) is 75.4 Å². The molecule has 0 radical (unpaired) electrons. The summed E-state index contributed by atoms with van der Waals surface area (Å²) in [6, 6.07) is -0.252. The van der Waals surface area contributed by atoms with E-state index in [1.54, 1.807) is 6.92 Å². The predicted molar refractivity (Wildman–Crippen MR) is 47.6 cm³/mol. The van der Waals surface area contributed by atoms with Crippen LogP contribution in [0.2, 0.25) is 0 Å². The molecule has 4 N–H and O–H groups in total. The summed E-state index contributed by atoms with van der Waals surface area (Å²) in [4.78, 5) is 11.1. The first-order chi connectivity index (χ1) is 5.60. The van der Waals surface area contributed by atoms with Crippen LogP contribution in [0.1, 0.15) is 26.7 Å². The summed E-state index contributed by atoms with van der Waals surface area (Å²) in [5.41, 5.74) is 5.57. The third-order valence-electron chi connectivity index (χ3n) is 1.65. The maximum absolute atomic E-state index is 11.1.